The minimum Gasteiger partial charge on any atom is -0.367 e. The van der Waals surface area contributed by atoms with E-state index in [1.807, 2.05) is 39.5 Å². The molecule has 5 nitrogen and oxygen atoms in total. The van der Waals surface area contributed by atoms with Gasteiger partial charge in [0.05, 0.1) is 5.69 Å². The third-order valence-electron chi connectivity index (χ3n) is 5.97. The van der Waals surface area contributed by atoms with E-state index in [1.54, 1.807) is 6.07 Å². The molecule has 3 rings (SSSR count). The first kappa shape index (κ1) is 21.0. The molecule has 1 N–H and O–H groups in total. The fourth-order valence-corrected chi connectivity index (χ4v) is 4.12. The average molecular weight is 400 g/mol. The molecule has 1 aromatic rings. The van der Waals surface area contributed by atoms with Gasteiger partial charge in [-0.25, -0.2) is 4.68 Å². The van der Waals surface area contributed by atoms with Crippen LogP contribution < -0.4 is 5.32 Å². The van der Waals surface area contributed by atoms with Gasteiger partial charge in [0, 0.05) is 37.0 Å². The molecular formula is C20H31F3N4O. The molecule has 1 aromatic heterocycles. The highest BCUT2D eigenvalue weighted by Gasteiger charge is 2.48. The molecule has 2 aliphatic heterocycles. The highest BCUT2D eigenvalue weighted by atomic mass is 19.4. The Morgan fingerprint density at radius 3 is 2.32 bits per heavy atom. The largest absolute Gasteiger partial charge is 0.410 e. The second-order valence-electron chi connectivity index (χ2n) is 9.51. The van der Waals surface area contributed by atoms with Crippen molar-refractivity contribution >= 4 is 11.7 Å². The number of amides is 1. The molecule has 158 valence electrons. The van der Waals surface area contributed by atoms with Crippen molar-refractivity contribution in [3.63, 3.8) is 0 Å². The van der Waals surface area contributed by atoms with E-state index < -0.39 is 12.2 Å². The first-order chi connectivity index (χ1) is 12.9. The van der Waals surface area contributed by atoms with E-state index in [4.69, 9.17) is 0 Å². The Balaban J connectivity index is 1.80. The topological polar surface area (TPSA) is 50.2 Å². The van der Waals surface area contributed by atoms with Crippen LogP contribution in [-0.4, -0.2) is 45.9 Å². The maximum atomic E-state index is 13.7. The summed E-state index contributed by atoms with van der Waals surface area (Å²) in [7, 11) is 0. The van der Waals surface area contributed by atoms with Crippen LogP contribution in [0.4, 0.5) is 19.0 Å². The second-order valence-corrected chi connectivity index (χ2v) is 9.51. The minimum atomic E-state index is -4.34. The zero-order chi connectivity index (χ0) is 20.9. The van der Waals surface area contributed by atoms with Gasteiger partial charge in [0.25, 0.3) is 0 Å². The van der Waals surface area contributed by atoms with Crippen LogP contribution in [0.2, 0.25) is 0 Å². The number of anilines is 1. The van der Waals surface area contributed by atoms with Crippen LogP contribution in [0.1, 0.15) is 71.5 Å². The maximum Gasteiger partial charge on any atom is 0.410 e. The molecule has 0 saturated carbocycles. The van der Waals surface area contributed by atoms with Gasteiger partial charge in [-0.3, -0.25) is 4.79 Å². The summed E-state index contributed by atoms with van der Waals surface area (Å²) in [5, 5.41) is 7.65. The first-order valence-corrected chi connectivity index (χ1v) is 10.1. The van der Waals surface area contributed by atoms with Crippen molar-refractivity contribution in [2.45, 2.75) is 78.1 Å². The number of alkyl halides is 3. The Hall–Kier alpha value is -1.73. The highest BCUT2D eigenvalue weighted by molar-refractivity contribution is 5.78. The molecule has 0 aliphatic carbocycles. The van der Waals surface area contributed by atoms with Gasteiger partial charge < -0.3 is 10.2 Å². The van der Waals surface area contributed by atoms with Gasteiger partial charge in [-0.15, -0.1) is 0 Å². The van der Waals surface area contributed by atoms with Gasteiger partial charge in [-0.05, 0) is 24.7 Å². The molecule has 2 aliphatic rings. The standard InChI is InChI=1S/C20H31F3N4O/c1-12(2)18(28)26-8-6-13(7-9-26)14-10-17-24-15(19(3,4)5)11-16(20(21,22)23)27(17)25-14/h10,12-13,15-16,24H,6-9,11H2,1-5H3/t15-,16+/m0/s1. The Bertz CT molecular complexity index is 712. The number of nitrogens with zero attached hydrogens (tertiary/aromatic N) is 3. The number of aromatic nitrogens is 2. The number of hydrogen-bond acceptors (Lipinski definition) is 3. The average Bonchev–Trinajstić information content (AvgIpc) is 3.02. The minimum absolute atomic E-state index is 0.0253. The zero-order valence-electron chi connectivity index (χ0n) is 17.3. The molecule has 1 amide bonds. The summed E-state index contributed by atoms with van der Waals surface area (Å²) in [5.41, 5.74) is 0.407. The van der Waals surface area contributed by atoms with Gasteiger partial charge in [-0.2, -0.15) is 18.3 Å². The van der Waals surface area contributed by atoms with Gasteiger partial charge in [0.1, 0.15) is 5.82 Å². The number of likely N-dealkylation sites (tertiary alicyclic amines) is 1. The SMILES string of the molecule is CC(C)C(=O)N1CCC(c2cc3n(n2)[C@@H](C(F)(F)F)C[C@@H](C(C)(C)C)N3)CC1. The molecule has 1 saturated heterocycles. The van der Waals surface area contributed by atoms with Crippen molar-refractivity contribution in [3.05, 3.63) is 11.8 Å². The number of hydrogen-bond donors (Lipinski definition) is 1. The van der Waals surface area contributed by atoms with E-state index >= 15 is 0 Å². The van der Waals surface area contributed by atoms with Crippen molar-refractivity contribution in [1.82, 2.24) is 14.7 Å². The van der Waals surface area contributed by atoms with Crippen LogP contribution >= 0.6 is 0 Å². The van der Waals surface area contributed by atoms with Crippen LogP contribution in [0.5, 0.6) is 0 Å². The molecule has 2 atom stereocenters. The van der Waals surface area contributed by atoms with Gasteiger partial charge in [-0.1, -0.05) is 34.6 Å². The maximum absolute atomic E-state index is 13.7. The van der Waals surface area contributed by atoms with Crippen LogP contribution in [-0.2, 0) is 4.79 Å². The zero-order valence-corrected chi connectivity index (χ0v) is 17.3. The van der Waals surface area contributed by atoms with Crippen molar-refractivity contribution in [3.8, 4) is 0 Å². The van der Waals surface area contributed by atoms with Crippen LogP contribution in [0.3, 0.4) is 0 Å². The first-order valence-electron chi connectivity index (χ1n) is 10.1. The molecule has 3 heterocycles. The van der Waals surface area contributed by atoms with E-state index in [2.05, 4.69) is 10.4 Å². The Morgan fingerprint density at radius 2 is 1.82 bits per heavy atom. The van der Waals surface area contributed by atoms with Crippen molar-refractivity contribution in [2.75, 3.05) is 18.4 Å². The molecule has 0 spiro atoms. The van der Waals surface area contributed by atoms with E-state index in [9.17, 15) is 18.0 Å². The summed E-state index contributed by atoms with van der Waals surface area (Å²) in [5.74, 6) is 0.624. The molecule has 0 bridgehead atoms. The van der Waals surface area contributed by atoms with Crippen LogP contribution in [0, 0.1) is 11.3 Å². The lowest BCUT2D eigenvalue weighted by Gasteiger charge is -2.39. The predicted molar refractivity (Wildman–Crippen MR) is 102 cm³/mol. The Labute approximate surface area is 164 Å². The van der Waals surface area contributed by atoms with E-state index in [-0.39, 0.29) is 35.6 Å². The predicted octanol–water partition coefficient (Wildman–Crippen LogP) is 4.58. The fourth-order valence-electron chi connectivity index (χ4n) is 4.12. The second kappa shape index (κ2) is 7.26. The molecule has 0 unspecified atom stereocenters. The normalized spacial score (nSPS) is 24.2. The summed E-state index contributed by atoms with van der Waals surface area (Å²) in [4.78, 5) is 14.0. The summed E-state index contributed by atoms with van der Waals surface area (Å²) in [6.45, 7) is 10.9. The van der Waals surface area contributed by atoms with Crippen molar-refractivity contribution in [2.24, 2.45) is 11.3 Å². The molecule has 8 heteroatoms. The molecular weight excluding hydrogens is 369 g/mol. The number of rotatable bonds is 2. The molecule has 0 aromatic carbocycles. The monoisotopic (exact) mass is 400 g/mol. The Morgan fingerprint density at radius 1 is 1.21 bits per heavy atom. The number of piperidine rings is 1. The number of fused-ring (bicyclic) bond motifs is 1. The molecule has 1 fully saturated rings. The van der Waals surface area contributed by atoms with Crippen LogP contribution in [0.25, 0.3) is 0 Å². The quantitative estimate of drug-likeness (QED) is 0.791. The summed E-state index contributed by atoms with van der Waals surface area (Å²) < 4.78 is 42.3. The molecule has 0 radical (unpaired) electrons. The summed E-state index contributed by atoms with van der Waals surface area (Å²) >= 11 is 0. The number of nitrogens with one attached hydrogen (secondary N) is 1. The van der Waals surface area contributed by atoms with Gasteiger partial charge in [0.2, 0.25) is 5.91 Å². The van der Waals surface area contributed by atoms with Crippen molar-refractivity contribution in [1.29, 1.82) is 0 Å². The van der Waals surface area contributed by atoms with Gasteiger partial charge >= 0.3 is 6.18 Å². The lowest BCUT2D eigenvalue weighted by Crippen LogP contribution is -2.44. The third kappa shape index (κ3) is 4.15. The smallest absolute Gasteiger partial charge is 0.367 e. The van der Waals surface area contributed by atoms with E-state index in [0.29, 0.717) is 24.6 Å². The van der Waals surface area contributed by atoms with Crippen LogP contribution in [0.15, 0.2) is 6.07 Å². The summed E-state index contributed by atoms with van der Waals surface area (Å²) in [6, 6.07) is -0.104. The Kier molecular flexibility index (Phi) is 5.44. The number of carbonyl (C=O) groups excluding carboxylic acids is 1. The van der Waals surface area contributed by atoms with Crippen molar-refractivity contribution < 1.29 is 18.0 Å². The van der Waals surface area contributed by atoms with Gasteiger partial charge in [0.15, 0.2) is 6.04 Å². The lowest BCUT2D eigenvalue weighted by atomic mass is 9.82. The number of halogens is 3. The van der Waals surface area contributed by atoms with E-state index in [1.165, 1.54) is 0 Å². The number of carbonyl (C=O) groups is 1. The highest BCUT2D eigenvalue weighted by Crippen LogP contribution is 2.44. The fraction of sp³-hybridized carbons (Fsp3) is 0.800. The summed E-state index contributed by atoms with van der Waals surface area (Å²) in [6.07, 6.45) is -2.90. The van der Waals surface area contributed by atoms with E-state index in [0.717, 1.165) is 17.5 Å². The lowest BCUT2D eigenvalue weighted by molar-refractivity contribution is -0.175. The third-order valence-corrected chi connectivity index (χ3v) is 5.97. The molecule has 28 heavy (non-hydrogen) atoms.